The summed E-state index contributed by atoms with van der Waals surface area (Å²) in [6.45, 7) is 1.73. The number of methoxy groups -OCH3 is 1. The van der Waals surface area contributed by atoms with E-state index >= 15 is 0 Å². The van der Waals surface area contributed by atoms with Gasteiger partial charge in [-0.05, 0) is 38.7 Å². The predicted octanol–water partition coefficient (Wildman–Crippen LogP) is 3.59. The Morgan fingerprint density at radius 2 is 1.81 bits per heavy atom. The Hall–Kier alpha value is -2.50. The number of carbonyl (C=O) groups is 2. The molecule has 1 aliphatic carbocycles. The molecule has 0 saturated heterocycles. The standard InChI is InChI=1S/C20H26N2O4/c1-13-17(19(23)26-14-9-5-3-4-6-10-14)18(22-20(24)21-13)15-11-7-8-12-16(15)25-2/h7-8,11-12,14,18H,3-6,9-10H2,1-2H3,(H2,21,22,24)/t18-/m1/s1. The molecule has 1 fully saturated rings. The zero-order valence-corrected chi connectivity index (χ0v) is 15.3. The summed E-state index contributed by atoms with van der Waals surface area (Å²) in [4.78, 5) is 25.0. The molecule has 0 spiro atoms. The number of urea groups is 1. The van der Waals surface area contributed by atoms with Gasteiger partial charge in [0.2, 0.25) is 0 Å². The van der Waals surface area contributed by atoms with Crippen LogP contribution in [-0.4, -0.2) is 25.2 Å². The number of hydrogen-bond donors (Lipinski definition) is 2. The molecule has 1 aromatic carbocycles. The molecule has 0 aromatic heterocycles. The highest BCUT2D eigenvalue weighted by Gasteiger charge is 2.34. The molecule has 6 heteroatoms. The second-order valence-corrected chi connectivity index (χ2v) is 6.83. The number of nitrogens with one attached hydrogen (secondary N) is 2. The minimum Gasteiger partial charge on any atom is -0.496 e. The van der Waals surface area contributed by atoms with Gasteiger partial charge >= 0.3 is 12.0 Å². The third-order valence-corrected chi connectivity index (χ3v) is 5.01. The van der Waals surface area contributed by atoms with E-state index in [4.69, 9.17) is 9.47 Å². The minimum absolute atomic E-state index is 0.0544. The molecule has 1 heterocycles. The molecule has 2 aliphatic rings. The number of esters is 1. The average Bonchev–Trinajstić information content (AvgIpc) is 2.89. The van der Waals surface area contributed by atoms with Gasteiger partial charge in [0.05, 0.1) is 18.7 Å². The maximum absolute atomic E-state index is 13.0. The molecule has 0 unspecified atom stereocenters. The van der Waals surface area contributed by atoms with Crippen LogP contribution in [0.4, 0.5) is 4.79 Å². The number of carbonyl (C=O) groups excluding carboxylic acids is 2. The van der Waals surface area contributed by atoms with Gasteiger partial charge in [0.15, 0.2) is 0 Å². The van der Waals surface area contributed by atoms with Gasteiger partial charge in [-0.3, -0.25) is 0 Å². The van der Waals surface area contributed by atoms with Crippen LogP contribution in [-0.2, 0) is 9.53 Å². The summed E-state index contributed by atoms with van der Waals surface area (Å²) in [6.07, 6.45) is 6.30. The van der Waals surface area contributed by atoms with Gasteiger partial charge in [0, 0.05) is 11.3 Å². The van der Waals surface area contributed by atoms with Crippen LogP contribution in [0, 0.1) is 0 Å². The van der Waals surface area contributed by atoms with E-state index in [-0.39, 0.29) is 18.1 Å². The average molecular weight is 358 g/mol. The molecule has 1 aliphatic heterocycles. The van der Waals surface area contributed by atoms with Crippen molar-refractivity contribution in [3.05, 3.63) is 41.1 Å². The highest BCUT2D eigenvalue weighted by atomic mass is 16.5. The van der Waals surface area contributed by atoms with Crippen molar-refractivity contribution in [3.63, 3.8) is 0 Å². The lowest BCUT2D eigenvalue weighted by molar-refractivity contribution is -0.145. The van der Waals surface area contributed by atoms with Crippen molar-refractivity contribution in [2.45, 2.75) is 57.6 Å². The maximum Gasteiger partial charge on any atom is 0.338 e. The lowest BCUT2D eigenvalue weighted by Crippen LogP contribution is -2.45. The van der Waals surface area contributed by atoms with Crippen LogP contribution in [0.2, 0.25) is 0 Å². The first-order valence-electron chi connectivity index (χ1n) is 9.22. The molecule has 6 nitrogen and oxygen atoms in total. The van der Waals surface area contributed by atoms with Gasteiger partial charge in [-0.15, -0.1) is 0 Å². The highest BCUT2D eigenvalue weighted by Crippen LogP contribution is 2.34. The second kappa shape index (κ2) is 8.25. The first-order chi connectivity index (χ1) is 12.6. The summed E-state index contributed by atoms with van der Waals surface area (Å²) in [5, 5.41) is 5.51. The number of hydrogen-bond acceptors (Lipinski definition) is 4. The Labute approximate surface area is 153 Å². The first kappa shape index (κ1) is 18.3. The van der Waals surface area contributed by atoms with Gasteiger partial charge in [-0.2, -0.15) is 0 Å². The van der Waals surface area contributed by atoms with Crippen LogP contribution in [0.5, 0.6) is 5.75 Å². The molecule has 140 valence electrons. The summed E-state index contributed by atoms with van der Waals surface area (Å²) < 4.78 is 11.2. The fourth-order valence-corrected chi connectivity index (χ4v) is 3.68. The Bertz CT molecular complexity index is 706. The Balaban J connectivity index is 1.89. The molecule has 1 aromatic rings. The SMILES string of the molecule is COc1ccccc1[C@H]1NC(=O)NC(C)=C1C(=O)OC1CCCCCC1. The summed E-state index contributed by atoms with van der Waals surface area (Å²) >= 11 is 0. The molecule has 0 radical (unpaired) electrons. The van der Waals surface area contributed by atoms with Gasteiger partial charge in [0.25, 0.3) is 0 Å². The number of amides is 2. The van der Waals surface area contributed by atoms with Crippen molar-refractivity contribution < 1.29 is 19.1 Å². The number of rotatable bonds is 4. The van der Waals surface area contributed by atoms with Crippen molar-refractivity contribution in [3.8, 4) is 5.75 Å². The van der Waals surface area contributed by atoms with E-state index in [0.29, 0.717) is 17.0 Å². The Kier molecular flexibility index (Phi) is 5.81. The van der Waals surface area contributed by atoms with E-state index in [1.54, 1.807) is 14.0 Å². The minimum atomic E-state index is -0.599. The van der Waals surface area contributed by atoms with Gasteiger partial charge in [-0.1, -0.05) is 31.0 Å². The molecule has 26 heavy (non-hydrogen) atoms. The number of benzene rings is 1. The molecule has 3 rings (SSSR count). The van der Waals surface area contributed by atoms with E-state index in [9.17, 15) is 9.59 Å². The molecule has 2 N–H and O–H groups in total. The Morgan fingerprint density at radius 1 is 1.12 bits per heavy atom. The van der Waals surface area contributed by atoms with Crippen molar-refractivity contribution >= 4 is 12.0 Å². The largest absolute Gasteiger partial charge is 0.496 e. The van der Waals surface area contributed by atoms with Crippen LogP contribution in [0.25, 0.3) is 0 Å². The fourth-order valence-electron chi connectivity index (χ4n) is 3.68. The van der Waals surface area contributed by atoms with Gasteiger partial charge < -0.3 is 20.1 Å². The summed E-state index contributed by atoms with van der Waals surface area (Å²) in [5.74, 6) is 0.241. The molecular weight excluding hydrogens is 332 g/mol. The summed E-state index contributed by atoms with van der Waals surface area (Å²) in [5.41, 5.74) is 1.68. The van der Waals surface area contributed by atoms with Crippen LogP contribution in [0.15, 0.2) is 35.5 Å². The number of ether oxygens (including phenoxy) is 2. The third kappa shape index (κ3) is 4.00. The van der Waals surface area contributed by atoms with E-state index in [0.717, 1.165) is 31.2 Å². The van der Waals surface area contributed by atoms with Crippen LogP contribution >= 0.6 is 0 Å². The zero-order valence-electron chi connectivity index (χ0n) is 15.3. The van der Waals surface area contributed by atoms with E-state index in [1.165, 1.54) is 12.8 Å². The predicted molar refractivity (Wildman–Crippen MR) is 97.7 cm³/mol. The normalized spacial score (nSPS) is 21.5. The van der Waals surface area contributed by atoms with Crippen molar-refractivity contribution in [1.29, 1.82) is 0 Å². The second-order valence-electron chi connectivity index (χ2n) is 6.83. The highest BCUT2D eigenvalue weighted by molar-refractivity contribution is 5.95. The topological polar surface area (TPSA) is 76.7 Å². The van der Waals surface area contributed by atoms with Crippen molar-refractivity contribution in [2.24, 2.45) is 0 Å². The quantitative estimate of drug-likeness (QED) is 0.637. The zero-order chi connectivity index (χ0) is 18.5. The molecule has 1 saturated carbocycles. The monoisotopic (exact) mass is 358 g/mol. The third-order valence-electron chi connectivity index (χ3n) is 5.01. The first-order valence-corrected chi connectivity index (χ1v) is 9.22. The summed E-state index contributed by atoms with van der Waals surface area (Å²) in [7, 11) is 1.57. The summed E-state index contributed by atoms with van der Waals surface area (Å²) in [6, 6.07) is 6.43. The van der Waals surface area contributed by atoms with Crippen LogP contribution in [0.1, 0.15) is 57.1 Å². The number of para-hydroxylation sites is 1. The molecule has 0 bridgehead atoms. The van der Waals surface area contributed by atoms with Crippen LogP contribution in [0.3, 0.4) is 0 Å². The lowest BCUT2D eigenvalue weighted by atomic mass is 9.94. The lowest BCUT2D eigenvalue weighted by Gasteiger charge is -2.30. The Morgan fingerprint density at radius 3 is 2.50 bits per heavy atom. The van der Waals surface area contributed by atoms with Crippen LogP contribution < -0.4 is 15.4 Å². The molecule has 2 amide bonds. The maximum atomic E-state index is 13.0. The van der Waals surface area contributed by atoms with E-state index in [1.807, 2.05) is 24.3 Å². The van der Waals surface area contributed by atoms with Crippen molar-refractivity contribution in [1.82, 2.24) is 10.6 Å². The molecule has 1 atom stereocenters. The van der Waals surface area contributed by atoms with Gasteiger partial charge in [-0.25, -0.2) is 9.59 Å². The van der Waals surface area contributed by atoms with Gasteiger partial charge in [0.1, 0.15) is 11.9 Å². The number of allylic oxidation sites excluding steroid dienone is 1. The fraction of sp³-hybridized carbons (Fsp3) is 0.500. The smallest absolute Gasteiger partial charge is 0.338 e. The molecular formula is C20H26N2O4. The van der Waals surface area contributed by atoms with E-state index < -0.39 is 6.04 Å². The van der Waals surface area contributed by atoms with Crippen molar-refractivity contribution in [2.75, 3.05) is 7.11 Å². The van der Waals surface area contributed by atoms with E-state index in [2.05, 4.69) is 10.6 Å².